The van der Waals surface area contributed by atoms with Crippen LogP contribution in [0.25, 0.3) is 0 Å². The first-order valence-corrected chi connectivity index (χ1v) is 9.03. The SMILES string of the molecule is Fc1ccc(CN2CCC3(CC2)COC(Cc2cncnc2)C3)cc1. The Morgan fingerprint density at radius 3 is 2.52 bits per heavy atom. The van der Waals surface area contributed by atoms with E-state index in [0.29, 0.717) is 5.41 Å². The second kappa shape index (κ2) is 7.18. The van der Waals surface area contributed by atoms with Gasteiger partial charge in [0.15, 0.2) is 0 Å². The maximum absolute atomic E-state index is 13.0. The molecule has 0 amide bonds. The van der Waals surface area contributed by atoms with Crippen LogP contribution in [0.4, 0.5) is 4.39 Å². The van der Waals surface area contributed by atoms with E-state index in [1.807, 2.05) is 24.5 Å². The summed E-state index contributed by atoms with van der Waals surface area (Å²) in [6.45, 7) is 3.95. The fraction of sp³-hybridized carbons (Fsp3) is 0.500. The summed E-state index contributed by atoms with van der Waals surface area (Å²) in [6, 6.07) is 6.86. The lowest BCUT2D eigenvalue weighted by atomic mass is 9.76. The normalized spacial score (nSPS) is 23.2. The van der Waals surface area contributed by atoms with Crippen molar-refractivity contribution in [2.24, 2.45) is 5.41 Å². The van der Waals surface area contributed by atoms with Crippen LogP contribution in [0.5, 0.6) is 0 Å². The molecule has 4 rings (SSSR count). The molecule has 5 heteroatoms. The molecule has 1 unspecified atom stereocenters. The molecular formula is C20H24FN3O. The van der Waals surface area contributed by atoms with Gasteiger partial charge < -0.3 is 4.74 Å². The molecule has 2 aliphatic rings. The molecule has 0 N–H and O–H groups in total. The molecule has 2 fully saturated rings. The molecule has 2 aliphatic heterocycles. The third-order valence-electron chi connectivity index (χ3n) is 5.60. The monoisotopic (exact) mass is 341 g/mol. The number of piperidine rings is 1. The molecule has 0 aliphatic carbocycles. The van der Waals surface area contributed by atoms with Crippen LogP contribution in [-0.2, 0) is 17.7 Å². The zero-order chi connectivity index (χ0) is 17.1. The number of nitrogens with zero attached hydrogens (tertiary/aromatic N) is 3. The third kappa shape index (κ3) is 4.05. The standard InChI is InChI=1S/C20H24FN3O/c21-18-3-1-16(2-4-18)13-24-7-5-20(6-8-24)10-19(25-14-20)9-17-11-22-15-23-12-17/h1-4,11-12,15,19H,5-10,13-14H2. The van der Waals surface area contributed by atoms with Crippen LogP contribution < -0.4 is 0 Å². The molecule has 1 aromatic carbocycles. The van der Waals surface area contributed by atoms with E-state index in [1.165, 1.54) is 18.4 Å². The van der Waals surface area contributed by atoms with Crippen LogP contribution in [-0.4, -0.2) is 40.7 Å². The van der Waals surface area contributed by atoms with E-state index in [-0.39, 0.29) is 11.9 Å². The highest BCUT2D eigenvalue weighted by molar-refractivity contribution is 5.16. The molecule has 0 radical (unpaired) electrons. The van der Waals surface area contributed by atoms with Gasteiger partial charge in [0.2, 0.25) is 0 Å². The van der Waals surface area contributed by atoms with Gasteiger partial charge in [0.1, 0.15) is 12.1 Å². The number of benzene rings is 1. The Morgan fingerprint density at radius 2 is 1.80 bits per heavy atom. The van der Waals surface area contributed by atoms with Crippen LogP contribution >= 0.6 is 0 Å². The van der Waals surface area contributed by atoms with Gasteiger partial charge in [-0.1, -0.05) is 12.1 Å². The summed E-state index contributed by atoms with van der Waals surface area (Å²) in [5.74, 6) is -0.167. The van der Waals surface area contributed by atoms with E-state index < -0.39 is 0 Å². The Morgan fingerprint density at radius 1 is 1.08 bits per heavy atom. The van der Waals surface area contributed by atoms with Gasteiger partial charge in [0.25, 0.3) is 0 Å². The predicted molar refractivity (Wildman–Crippen MR) is 93.4 cm³/mol. The number of hydrogen-bond acceptors (Lipinski definition) is 4. The molecule has 4 nitrogen and oxygen atoms in total. The molecule has 1 atom stereocenters. The molecule has 0 bridgehead atoms. The third-order valence-corrected chi connectivity index (χ3v) is 5.60. The summed E-state index contributed by atoms with van der Waals surface area (Å²) in [7, 11) is 0. The first kappa shape index (κ1) is 16.6. The Hall–Kier alpha value is -1.85. The fourth-order valence-corrected chi connectivity index (χ4v) is 4.11. The maximum Gasteiger partial charge on any atom is 0.123 e. The van der Waals surface area contributed by atoms with Crippen molar-refractivity contribution in [1.29, 1.82) is 0 Å². The largest absolute Gasteiger partial charge is 0.377 e. The minimum absolute atomic E-state index is 0.167. The summed E-state index contributed by atoms with van der Waals surface area (Å²) in [5.41, 5.74) is 2.67. The van der Waals surface area contributed by atoms with Crippen molar-refractivity contribution < 1.29 is 9.13 Å². The molecule has 2 saturated heterocycles. The highest BCUT2D eigenvalue weighted by Crippen LogP contribution is 2.42. The second-order valence-corrected chi connectivity index (χ2v) is 7.49. The van der Waals surface area contributed by atoms with E-state index in [1.54, 1.807) is 18.5 Å². The maximum atomic E-state index is 13.0. The Labute approximate surface area is 148 Å². The molecule has 132 valence electrons. The van der Waals surface area contributed by atoms with Crippen molar-refractivity contribution >= 4 is 0 Å². The molecule has 0 saturated carbocycles. The number of ether oxygens (including phenoxy) is 1. The summed E-state index contributed by atoms with van der Waals surface area (Å²) in [4.78, 5) is 10.6. The number of halogens is 1. The Balaban J connectivity index is 1.29. The fourth-order valence-electron chi connectivity index (χ4n) is 4.11. The van der Waals surface area contributed by atoms with E-state index in [2.05, 4.69) is 14.9 Å². The summed E-state index contributed by atoms with van der Waals surface area (Å²) < 4.78 is 19.1. The lowest BCUT2D eigenvalue weighted by molar-refractivity contribution is 0.0631. The van der Waals surface area contributed by atoms with Crippen molar-refractivity contribution in [2.75, 3.05) is 19.7 Å². The van der Waals surface area contributed by atoms with Crippen molar-refractivity contribution in [3.05, 3.63) is 59.9 Å². The first-order chi connectivity index (χ1) is 12.2. The van der Waals surface area contributed by atoms with Crippen molar-refractivity contribution in [2.45, 2.75) is 38.3 Å². The molecule has 1 spiro atoms. The molecule has 25 heavy (non-hydrogen) atoms. The van der Waals surface area contributed by atoms with Crippen molar-refractivity contribution in [1.82, 2.24) is 14.9 Å². The first-order valence-electron chi connectivity index (χ1n) is 9.03. The van der Waals surface area contributed by atoms with Gasteiger partial charge in [-0.25, -0.2) is 14.4 Å². The topological polar surface area (TPSA) is 38.2 Å². The predicted octanol–water partition coefficient (Wildman–Crippen LogP) is 3.23. The van der Waals surface area contributed by atoms with E-state index >= 15 is 0 Å². The van der Waals surface area contributed by atoms with Crippen LogP contribution in [0.1, 0.15) is 30.4 Å². The average Bonchev–Trinajstić information content (AvgIpc) is 3.02. The van der Waals surface area contributed by atoms with Gasteiger partial charge in [-0.2, -0.15) is 0 Å². The van der Waals surface area contributed by atoms with E-state index in [4.69, 9.17) is 4.74 Å². The summed E-state index contributed by atoms with van der Waals surface area (Å²) in [5, 5.41) is 0. The summed E-state index contributed by atoms with van der Waals surface area (Å²) in [6.07, 6.45) is 10.0. The minimum atomic E-state index is -0.167. The zero-order valence-corrected chi connectivity index (χ0v) is 14.4. The zero-order valence-electron chi connectivity index (χ0n) is 14.4. The Bertz CT molecular complexity index is 684. The molecule has 2 aromatic rings. The lowest BCUT2D eigenvalue weighted by Gasteiger charge is -2.38. The van der Waals surface area contributed by atoms with E-state index in [9.17, 15) is 4.39 Å². The lowest BCUT2D eigenvalue weighted by Crippen LogP contribution is -2.40. The van der Waals surface area contributed by atoms with Gasteiger partial charge in [-0.05, 0) is 61.0 Å². The summed E-state index contributed by atoms with van der Waals surface area (Å²) >= 11 is 0. The van der Waals surface area contributed by atoms with Crippen LogP contribution in [0.3, 0.4) is 0 Å². The number of aromatic nitrogens is 2. The highest BCUT2D eigenvalue weighted by atomic mass is 19.1. The van der Waals surface area contributed by atoms with Crippen LogP contribution in [0, 0.1) is 11.2 Å². The van der Waals surface area contributed by atoms with Gasteiger partial charge in [-0.3, -0.25) is 4.90 Å². The quantitative estimate of drug-likeness (QED) is 0.856. The van der Waals surface area contributed by atoms with Crippen molar-refractivity contribution in [3.63, 3.8) is 0 Å². The number of likely N-dealkylation sites (tertiary alicyclic amines) is 1. The molecule has 1 aromatic heterocycles. The number of hydrogen-bond donors (Lipinski definition) is 0. The van der Waals surface area contributed by atoms with Gasteiger partial charge >= 0.3 is 0 Å². The number of rotatable bonds is 4. The Kier molecular flexibility index (Phi) is 4.77. The van der Waals surface area contributed by atoms with Crippen LogP contribution in [0.15, 0.2) is 43.0 Å². The minimum Gasteiger partial charge on any atom is -0.377 e. The average molecular weight is 341 g/mol. The highest BCUT2D eigenvalue weighted by Gasteiger charge is 2.42. The smallest absolute Gasteiger partial charge is 0.123 e. The molecule has 3 heterocycles. The molecular weight excluding hydrogens is 317 g/mol. The van der Waals surface area contributed by atoms with Crippen molar-refractivity contribution in [3.8, 4) is 0 Å². The van der Waals surface area contributed by atoms with Gasteiger partial charge in [0.05, 0.1) is 12.7 Å². The second-order valence-electron chi connectivity index (χ2n) is 7.49. The van der Waals surface area contributed by atoms with Gasteiger partial charge in [0, 0.05) is 25.4 Å². The van der Waals surface area contributed by atoms with Gasteiger partial charge in [-0.15, -0.1) is 0 Å². The van der Waals surface area contributed by atoms with Crippen LogP contribution in [0.2, 0.25) is 0 Å². The van der Waals surface area contributed by atoms with E-state index in [0.717, 1.165) is 44.6 Å².